The molecular formula is C40H25N3. The molecule has 0 amide bonds. The van der Waals surface area contributed by atoms with Crippen molar-refractivity contribution in [1.82, 2.24) is 9.55 Å². The van der Waals surface area contributed by atoms with Gasteiger partial charge in [-0.1, -0.05) is 103 Å². The van der Waals surface area contributed by atoms with Crippen molar-refractivity contribution >= 4 is 32.6 Å². The van der Waals surface area contributed by atoms with Gasteiger partial charge in [-0.15, -0.1) is 0 Å². The van der Waals surface area contributed by atoms with Crippen molar-refractivity contribution in [2.45, 2.75) is 0 Å². The van der Waals surface area contributed by atoms with Gasteiger partial charge in [-0.3, -0.25) is 0 Å². The number of rotatable bonds is 4. The Morgan fingerprint density at radius 1 is 0.488 bits per heavy atom. The number of nitriles is 1. The number of para-hydroxylation sites is 1. The van der Waals surface area contributed by atoms with Crippen LogP contribution in [0.5, 0.6) is 0 Å². The summed E-state index contributed by atoms with van der Waals surface area (Å²) >= 11 is 0. The fourth-order valence-corrected chi connectivity index (χ4v) is 6.32. The fraction of sp³-hybridized carbons (Fsp3) is 0. The number of hydrogen-bond donors (Lipinski definition) is 0. The Morgan fingerprint density at radius 2 is 1.14 bits per heavy atom. The van der Waals surface area contributed by atoms with Gasteiger partial charge in [0.2, 0.25) is 0 Å². The Morgan fingerprint density at radius 3 is 1.91 bits per heavy atom. The highest BCUT2D eigenvalue weighted by atomic mass is 15.0. The first-order valence-corrected chi connectivity index (χ1v) is 14.4. The van der Waals surface area contributed by atoms with Crippen LogP contribution in [0.1, 0.15) is 5.69 Å². The number of benzene rings is 6. The minimum absolute atomic E-state index is 0.416. The molecule has 2 aromatic heterocycles. The standard InChI is InChI=1S/C40H25N3/c41-26-32-23-31(20-21-42-32)29-13-9-12-28(22-29)30-18-19-36-38(24-30)43(33-14-5-2-6-15-33)39-25-37(27-10-3-1-4-11-27)34-16-7-8-17-35(34)40(36)39/h1-25H. The van der Waals surface area contributed by atoms with Crippen molar-refractivity contribution in [3.63, 3.8) is 0 Å². The summed E-state index contributed by atoms with van der Waals surface area (Å²) in [5, 5.41) is 14.3. The SMILES string of the molecule is N#Cc1cc(-c2cccc(-c3ccc4c5c6ccccc6c(-c6ccccc6)cc5n(-c5ccccc5)c4c3)c2)ccn1. The molecule has 0 fully saturated rings. The van der Waals surface area contributed by atoms with Gasteiger partial charge in [0, 0.05) is 22.7 Å². The van der Waals surface area contributed by atoms with E-state index in [9.17, 15) is 5.26 Å². The molecule has 0 N–H and O–H groups in total. The molecule has 3 heteroatoms. The lowest BCUT2D eigenvalue weighted by Gasteiger charge is -2.12. The van der Waals surface area contributed by atoms with E-state index in [0.717, 1.165) is 33.5 Å². The Kier molecular flexibility index (Phi) is 5.84. The van der Waals surface area contributed by atoms with Gasteiger partial charge in [-0.25, -0.2) is 4.98 Å². The molecule has 0 saturated carbocycles. The van der Waals surface area contributed by atoms with Crippen LogP contribution in [-0.2, 0) is 0 Å². The van der Waals surface area contributed by atoms with Crippen LogP contribution in [-0.4, -0.2) is 9.55 Å². The second kappa shape index (κ2) is 10.1. The molecule has 0 atom stereocenters. The first kappa shape index (κ1) is 24.8. The molecule has 0 aliphatic heterocycles. The van der Waals surface area contributed by atoms with Crippen molar-refractivity contribution in [2.24, 2.45) is 0 Å². The number of fused-ring (bicyclic) bond motifs is 5. The average molecular weight is 548 g/mol. The van der Waals surface area contributed by atoms with Crippen molar-refractivity contribution in [3.05, 3.63) is 157 Å². The largest absolute Gasteiger partial charge is 0.309 e. The molecule has 8 aromatic rings. The van der Waals surface area contributed by atoms with E-state index in [-0.39, 0.29) is 0 Å². The molecule has 43 heavy (non-hydrogen) atoms. The van der Waals surface area contributed by atoms with Crippen LogP contribution >= 0.6 is 0 Å². The molecule has 6 aromatic carbocycles. The highest BCUT2D eigenvalue weighted by molar-refractivity contribution is 6.24. The summed E-state index contributed by atoms with van der Waals surface area (Å²) in [5.74, 6) is 0. The van der Waals surface area contributed by atoms with E-state index >= 15 is 0 Å². The Hall–Kier alpha value is -5.98. The van der Waals surface area contributed by atoms with E-state index in [2.05, 4.69) is 149 Å². The van der Waals surface area contributed by atoms with Crippen molar-refractivity contribution in [3.8, 4) is 45.1 Å². The number of pyridine rings is 1. The molecule has 0 unspecified atom stereocenters. The second-order valence-corrected chi connectivity index (χ2v) is 10.8. The Labute approximate surface area is 249 Å². The molecule has 3 nitrogen and oxygen atoms in total. The molecule has 0 aliphatic rings. The average Bonchev–Trinajstić information content (AvgIpc) is 3.42. The zero-order valence-corrected chi connectivity index (χ0v) is 23.3. The van der Waals surface area contributed by atoms with Crippen molar-refractivity contribution in [2.75, 3.05) is 0 Å². The van der Waals surface area contributed by atoms with E-state index in [4.69, 9.17) is 0 Å². The monoisotopic (exact) mass is 547 g/mol. The lowest BCUT2D eigenvalue weighted by Crippen LogP contribution is -1.94. The van der Waals surface area contributed by atoms with Crippen LogP contribution in [0.25, 0.3) is 71.6 Å². The van der Waals surface area contributed by atoms with Crippen LogP contribution in [0.2, 0.25) is 0 Å². The minimum atomic E-state index is 0.416. The van der Waals surface area contributed by atoms with Gasteiger partial charge in [0.15, 0.2) is 0 Å². The van der Waals surface area contributed by atoms with Crippen LogP contribution in [0, 0.1) is 11.3 Å². The van der Waals surface area contributed by atoms with Crippen LogP contribution in [0.3, 0.4) is 0 Å². The highest BCUT2D eigenvalue weighted by Crippen LogP contribution is 2.42. The summed E-state index contributed by atoms with van der Waals surface area (Å²) in [6.45, 7) is 0. The molecule has 8 rings (SSSR count). The smallest absolute Gasteiger partial charge is 0.141 e. The van der Waals surface area contributed by atoms with E-state index < -0.39 is 0 Å². The van der Waals surface area contributed by atoms with Gasteiger partial charge in [-0.05, 0) is 86.6 Å². The van der Waals surface area contributed by atoms with Gasteiger partial charge < -0.3 is 4.57 Å². The van der Waals surface area contributed by atoms with Gasteiger partial charge >= 0.3 is 0 Å². The van der Waals surface area contributed by atoms with Gasteiger partial charge in [0.1, 0.15) is 11.8 Å². The third-order valence-electron chi connectivity index (χ3n) is 8.28. The van der Waals surface area contributed by atoms with E-state index in [1.54, 1.807) is 6.20 Å². The highest BCUT2D eigenvalue weighted by Gasteiger charge is 2.18. The zero-order valence-electron chi connectivity index (χ0n) is 23.3. The maximum Gasteiger partial charge on any atom is 0.141 e. The van der Waals surface area contributed by atoms with Crippen LogP contribution in [0.4, 0.5) is 0 Å². The van der Waals surface area contributed by atoms with Gasteiger partial charge in [0.05, 0.1) is 11.0 Å². The number of hydrogen-bond acceptors (Lipinski definition) is 2. The lowest BCUT2D eigenvalue weighted by molar-refractivity contribution is 1.18. The molecule has 0 radical (unpaired) electrons. The number of aromatic nitrogens is 2. The molecule has 0 spiro atoms. The summed E-state index contributed by atoms with van der Waals surface area (Å²) in [6.07, 6.45) is 1.69. The first-order chi connectivity index (χ1) is 21.3. The third-order valence-corrected chi connectivity index (χ3v) is 8.28. The predicted molar refractivity (Wildman–Crippen MR) is 177 cm³/mol. The maximum atomic E-state index is 9.36. The normalized spacial score (nSPS) is 11.2. The Balaban J connectivity index is 1.42. The minimum Gasteiger partial charge on any atom is -0.309 e. The molecule has 0 saturated heterocycles. The van der Waals surface area contributed by atoms with E-state index in [1.165, 1.54) is 38.2 Å². The molecule has 0 aliphatic carbocycles. The fourth-order valence-electron chi connectivity index (χ4n) is 6.32. The van der Waals surface area contributed by atoms with Crippen molar-refractivity contribution < 1.29 is 0 Å². The molecule has 0 bridgehead atoms. The second-order valence-electron chi connectivity index (χ2n) is 10.8. The summed E-state index contributed by atoms with van der Waals surface area (Å²) in [4.78, 5) is 4.14. The lowest BCUT2D eigenvalue weighted by atomic mass is 9.94. The summed E-state index contributed by atoms with van der Waals surface area (Å²) in [6, 6.07) is 53.6. The predicted octanol–water partition coefficient (Wildman–Crippen LogP) is 10.2. The zero-order chi connectivity index (χ0) is 28.8. The van der Waals surface area contributed by atoms with Crippen molar-refractivity contribution in [1.29, 1.82) is 5.26 Å². The molecule has 200 valence electrons. The molecule has 2 heterocycles. The topological polar surface area (TPSA) is 41.6 Å². The quantitative estimate of drug-likeness (QED) is 0.220. The Bertz CT molecular complexity index is 2340. The summed E-state index contributed by atoms with van der Waals surface area (Å²) < 4.78 is 2.40. The molecular weight excluding hydrogens is 522 g/mol. The van der Waals surface area contributed by atoms with E-state index in [1.807, 2.05) is 12.1 Å². The summed E-state index contributed by atoms with van der Waals surface area (Å²) in [5.41, 5.74) is 10.6. The summed E-state index contributed by atoms with van der Waals surface area (Å²) in [7, 11) is 0. The third kappa shape index (κ3) is 4.17. The van der Waals surface area contributed by atoms with E-state index in [0.29, 0.717) is 5.69 Å². The first-order valence-electron chi connectivity index (χ1n) is 14.4. The van der Waals surface area contributed by atoms with Crippen LogP contribution < -0.4 is 0 Å². The van der Waals surface area contributed by atoms with Crippen LogP contribution in [0.15, 0.2) is 152 Å². The van der Waals surface area contributed by atoms with Gasteiger partial charge in [0.25, 0.3) is 0 Å². The van der Waals surface area contributed by atoms with Gasteiger partial charge in [-0.2, -0.15) is 5.26 Å². The number of nitrogens with zero attached hydrogens (tertiary/aromatic N) is 3. The maximum absolute atomic E-state index is 9.36.